The molecule has 0 saturated carbocycles. The molecule has 0 unspecified atom stereocenters. The zero-order chi connectivity index (χ0) is 22.9. The number of ether oxygens (including phenoxy) is 1. The highest BCUT2D eigenvalue weighted by Crippen LogP contribution is 2.37. The van der Waals surface area contributed by atoms with Crippen molar-refractivity contribution >= 4 is 39.7 Å². The van der Waals surface area contributed by atoms with E-state index in [0.717, 1.165) is 27.8 Å². The molecular formula is C26H19N3O4. The molecule has 1 aliphatic rings. The molecule has 3 aromatic carbocycles. The highest BCUT2D eigenvalue weighted by molar-refractivity contribution is 6.34. The fourth-order valence-electron chi connectivity index (χ4n) is 3.84. The van der Waals surface area contributed by atoms with Gasteiger partial charge >= 0.3 is 5.97 Å². The van der Waals surface area contributed by atoms with Gasteiger partial charge in [0.15, 0.2) is 0 Å². The quantitative estimate of drug-likeness (QED) is 0.360. The average Bonchev–Trinajstić information content (AvgIpc) is 3.14. The number of hydrogen-bond donors (Lipinski definition) is 3. The molecule has 4 aromatic rings. The average molecular weight is 437 g/mol. The van der Waals surface area contributed by atoms with Gasteiger partial charge in [0.05, 0.1) is 16.7 Å². The number of hydrogen-bond acceptors (Lipinski definition) is 5. The van der Waals surface area contributed by atoms with Crippen molar-refractivity contribution in [3.05, 3.63) is 95.8 Å². The molecule has 0 atom stereocenters. The molecule has 7 heteroatoms. The summed E-state index contributed by atoms with van der Waals surface area (Å²) in [6.45, 7) is 1.73. The molecule has 1 amide bonds. The van der Waals surface area contributed by atoms with E-state index in [0.29, 0.717) is 22.6 Å². The van der Waals surface area contributed by atoms with Gasteiger partial charge in [0, 0.05) is 34.7 Å². The number of anilines is 2. The third-order valence-corrected chi connectivity index (χ3v) is 5.45. The van der Waals surface area contributed by atoms with Crippen LogP contribution in [0.15, 0.2) is 79.1 Å². The molecule has 33 heavy (non-hydrogen) atoms. The number of fused-ring (bicyclic) bond motifs is 3. The number of nitrogens with one attached hydrogen (secondary N) is 2. The van der Waals surface area contributed by atoms with E-state index in [1.165, 1.54) is 6.07 Å². The molecule has 2 heterocycles. The number of carboxylic acid groups (broad SMARTS) is 1. The Morgan fingerprint density at radius 1 is 1.06 bits per heavy atom. The lowest BCUT2D eigenvalue weighted by atomic mass is 10.0. The normalized spacial score (nSPS) is 13.6. The van der Waals surface area contributed by atoms with E-state index in [4.69, 9.17) is 9.84 Å². The minimum absolute atomic E-state index is 0.172. The summed E-state index contributed by atoms with van der Waals surface area (Å²) in [5.41, 5.74) is 4.62. The summed E-state index contributed by atoms with van der Waals surface area (Å²) in [7, 11) is 0. The second-order valence-corrected chi connectivity index (χ2v) is 7.62. The van der Waals surface area contributed by atoms with Crippen molar-refractivity contribution in [2.75, 3.05) is 10.6 Å². The second kappa shape index (κ2) is 8.12. The van der Waals surface area contributed by atoms with Gasteiger partial charge in [-0.25, -0.2) is 4.79 Å². The van der Waals surface area contributed by atoms with Crippen molar-refractivity contribution in [1.82, 2.24) is 4.98 Å². The first-order valence-corrected chi connectivity index (χ1v) is 10.3. The van der Waals surface area contributed by atoms with Crippen LogP contribution >= 0.6 is 0 Å². The summed E-state index contributed by atoms with van der Waals surface area (Å²) in [5, 5.41) is 16.1. The number of rotatable bonds is 5. The molecule has 3 N–H and O–H groups in total. The van der Waals surface area contributed by atoms with Gasteiger partial charge < -0.3 is 20.5 Å². The zero-order valence-electron chi connectivity index (χ0n) is 17.6. The molecule has 5 rings (SSSR count). The minimum atomic E-state index is -0.966. The predicted octanol–water partition coefficient (Wildman–Crippen LogP) is 5.44. The van der Waals surface area contributed by atoms with E-state index in [9.17, 15) is 9.59 Å². The van der Waals surface area contributed by atoms with E-state index < -0.39 is 5.97 Å². The number of carboxylic acids is 1. The molecule has 162 valence electrons. The van der Waals surface area contributed by atoms with Crippen LogP contribution < -0.4 is 15.4 Å². The molecule has 1 aromatic heterocycles. The Bertz CT molecular complexity index is 1440. The number of amides is 1. The van der Waals surface area contributed by atoms with Gasteiger partial charge in [-0.05, 0) is 73.2 Å². The van der Waals surface area contributed by atoms with Gasteiger partial charge in [-0.1, -0.05) is 6.07 Å². The maximum Gasteiger partial charge on any atom is 0.335 e. The molecule has 0 saturated heterocycles. The van der Waals surface area contributed by atoms with Gasteiger partial charge in [0.1, 0.15) is 11.5 Å². The lowest BCUT2D eigenvalue weighted by molar-refractivity contribution is -0.110. The number of benzene rings is 3. The fourth-order valence-corrected chi connectivity index (χ4v) is 3.84. The van der Waals surface area contributed by atoms with Crippen LogP contribution in [-0.2, 0) is 4.79 Å². The van der Waals surface area contributed by atoms with Crippen molar-refractivity contribution in [3.8, 4) is 11.5 Å². The minimum Gasteiger partial charge on any atom is -0.478 e. The molecule has 7 nitrogen and oxygen atoms in total. The molecule has 0 radical (unpaired) electrons. The number of aryl methyl sites for hydroxylation is 1. The Kier molecular flexibility index (Phi) is 4.99. The number of aromatic carboxylic acids is 1. The zero-order valence-corrected chi connectivity index (χ0v) is 17.6. The van der Waals surface area contributed by atoms with E-state index >= 15 is 0 Å². The Balaban J connectivity index is 1.35. The molecule has 0 fully saturated rings. The maximum atomic E-state index is 12.6. The Morgan fingerprint density at radius 3 is 2.61 bits per heavy atom. The molecular weight excluding hydrogens is 418 g/mol. The Hall–Kier alpha value is -4.65. The molecule has 0 spiro atoms. The van der Waals surface area contributed by atoms with Crippen LogP contribution in [0.5, 0.6) is 11.5 Å². The summed E-state index contributed by atoms with van der Waals surface area (Å²) in [5.74, 6) is 0.0251. The fraction of sp³-hybridized carbons (Fsp3) is 0.0385. The number of aromatic nitrogens is 1. The van der Waals surface area contributed by atoms with Crippen molar-refractivity contribution in [1.29, 1.82) is 0 Å². The number of nitrogens with zero attached hydrogens (tertiary/aromatic N) is 1. The van der Waals surface area contributed by atoms with Crippen LogP contribution in [0.25, 0.3) is 16.5 Å². The van der Waals surface area contributed by atoms with Crippen molar-refractivity contribution in [3.63, 3.8) is 0 Å². The second-order valence-electron chi connectivity index (χ2n) is 7.62. The summed E-state index contributed by atoms with van der Waals surface area (Å²) in [4.78, 5) is 28.1. The van der Waals surface area contributed by atoms with Crippen LogP contribution in [0.2, 0.25) is 0 Å². The van der Waals surface area contributed by atoms with Crippen LogP contribution in [0.1, 0.15) is 21.5 Å². The standard InChI is InChI=1S/C26H19N3O4/c1-15-13-18(8-9-19(15)26(31)32)33-17-6-4-16(5-7-17)28-14-21-24-20-3-2-12-27-22(20)10-11-23(24)29-25(21)30/h2-14,28H,1H3,(H,29,30)(H,31,32). The summed E-state index contributed by atoms with van der Waals surface area (Å²) >= 11 is 0. The first-order chi connectivity index (χ1) is 16.0. The third-order valence-electron chi connectivity index (χ3n) is 5.45. The molecule has 0 aliphatic carbocycles. The Morgan fingerprint density at radius 2 is 1.85 bits per heavy atom. The number of carbonyl (C=O) groups is 2. The van der Waals surface area contributed by atoms with Crippen molar-refractivity contribution in [2.24, 2.45) is 0 Å². The van der Waals surface area contributed by atoms with Gasteiger partial charge in [-0.3, -0.25) is 9.78 Å². The lowest BCUT2D eigenvalue weighted by Gasteiger charge is -2.09. The highest BCUT2D eigenvalue weighted by Gasteiger charge is 2.26. The van der Waals surface area contributed by atoms with E-state index in [1.807, 2.05) is 36.4 Å². The maximum absolute atomic E-state index is 12.6. The SMILES string of the molecule is Cc1cc(Oc2ccc(NC=C3C(=O)Nc4ccc5ncccc5c43)cc2)ccc1C(=O)O. The summed E-state index contributed by atoms with van der Waals surface area (Å²) in [6, 6.07) is 19.7. The molecule has 1 aliphatic heterocycles. The monoisotopic (exact) mass is 437 g/mol. The van der Waals surface area contributed by atoms with Crippen LogP contribution in [0.4, 0.5) is 11.4 Å². The lowest BCUT2D eigenvalue weighted by Crippen LogP contribution is -2.05. The third kappa shape index (κ3) is 3.87. The van der Waals surface area contributed by atoms with Crippen LogP contribution in [0, 0.1) is 6.92 Å². The van der Waals surface area contributed by atoms with Crippen LogP contribution in [0.3, 0.4) is 0 Å². The smallest absolute Gasteiger partial charge is 0.335 e. The van der Waals surface area contributed by atoms with E-state index in [1.54, 1.807) is 43.6 Å². The topological polar surface area (TPSA) is 101 Å². The van der Waals surface area contributed by atoms with Gasteiger partial charge in [0.25, 0.3) is 5.91 Å². The summed E-state index contributed by atoms with van der Waals surface area (Å²) in [6.07, 6.45) is 3.42. The predicted molar refractivity (Wildman–Crippen MR) is 127 cm³/mol. The van der Waals surface area contributed by atoms with E-state index in [2.05, 4.69) is 15.6 Å². The van der Waals surface area contributed by atoms with Crippen molar-refractivity contribution in [2.45, 2.75) is 6.92 Å². The molecule has 0 bridgehead atoms. The van der Waals surface area contributed by atoms with Crippen molar-refractivity contribution < 1.29 is 19.4 Å². The summed E-state index contributed by atoms with van der Waals surface area (Å²) < 4.78 is 5.83. The number of pyridine rings is 1. The van der Waals surface area contributed by atoms with Gasteiger partial charge in [-0.15, -0.1) is 0 Å². The van der Waals surface area contributed by atoms with Gasteiger partial charge in [0.2, 0.25) is 0 Å². The Labute approximate surface area is 189 Å². The number of carbonyl (C=O) groups excluding carboxylic acids is 1. The largest absolute Gasteiger partial charge is 0.478 e. The van der Waals surface area contributed by atoms with Gasteiger partial charge in [-0.2, -0.15) is 0 Å². The first kappa shape index (κ1) is 20.3. The first-order valence-electron chi connectivity index (χ1n) is 10.3. The van der Waals surface area contributed by atoms with E-state index in [-0.39, 0.29) is 11.5 Å². The highest BCUT2D eigenvalue weighted by atomic mass is 16.5. The van der Waals surface area contributed by atoms with Crippen LogP contribution in [-0.4, -0.2) is 22.0 Å².